The molecule has 1 saturated heterocycles. The summed E-state index contributed by atoms with van der Waals surface area (Å²) in [6.07, 6.45) is 0.882. The van der Waals surface area contributed by atoms with Crippen LogP contribution in [0.1, 0.15) is 63.6 Å². The number of carbonyl (C=O) groups is 3. The molecule has 0 radical (unpaired) electrons. The van der Waals surface area contributed by atoms with E-state index in [2.05, 4.69) is 26.1 Å². The molecule has 298 valence electrons. The first kappa shape index (κ1) is 43.0. The van der Waals surface area contributed by atoms with E-state index in [4.69, 9.17) is 5.21 Å². The van der Waals surface area contributed by atoms with Crippen molar-refractivity contribution in [3.05, 3.63) is 95.3 Å². The number of hydrogen-bond acceptors (Lipinski definition) is 11. The van der Waals surface area contributed by atoms with Crippen LogP contribution in [0, 0.1) is 11.8 Å². The Labute approximate surface area is 324 Å². The summed E-state index contributed by atoms with van der Waals surface area (Å²) in [4.78, 5) is 47.5. The van der Waals surface area contributed by atoms with E-state index >= 15 is 0 Å². The number of aliphatic hydroxyl groups excluding tert-OH is 1. The van der Waals surface area contributed by atoms with Gasteiger partial charge in [-0.1, -0.05) is 87.8 Å². The molecule has 0 unspecified atom stereocenters. The van der Waals surface area contributed by atoms with Crippen molar-refractivity contribution in [2.45, 2.75) is 89.0 Å². The summed E-state index contributed by atoms with van der Waals surface area (Å²) in [5.41, 5.74) is 2.83. The van der Waals surface area contributed by atoms with Gasteiger partial charge < -0.3 is 30.7 Å². The number of oxime groups is 1. The van der Waals surface area contributed by atoms with Gasteiger partial charge in [-0.3, -0.25) is 19.9 Å². The number of aromatic nitrogens is 1. The maximum atomic E-state index is 14.3. The van der Waals surface area contributed by atoms with Crippen molar-refractivity contribution in [3.63, 3.8) is 0 Å². The first-order chi connectivity index (χ1) is 26.2. The van der Waals surface area contributed by atoms with Crippen LogP contribution in [0.25, 0.3) is 0 Å². The monoisotopic (exact) mass is 777 g/mol. The quantitative estimate of drug-likeness (QED) is 0.0609. The van der Waals surface area contributed by atoms with Crippen LogP contribution in [0.3, 0.4) is 0 Å². The molecule has 3 amide bonds. The standard InChI is InChI=1S/C40H55N7O7S/c1-6-28(4)37(47-20-19-46(40(47)51)26-33-14-10-13-32(44-33)24-41-22-29(5)48)38(50)45-35(21-30-11-8-7-9-12-30)36(49)25-42-39(27(2)3)55(53,54)34-17-15-31(16-18-34)23-43-52/h7-18,23,27-28,35-37,39,41-42,49,52H,6,19-22,24-26H2,1-5H3,(H,45,50)/b43-23+/t28-,35+,36-,37-,39-/m0/s1. The molecule has 5 N–H and O–H groups in total. The van der Waals surface area contributed by atoms with Crippen LogP contribution < -0.4 is 16.0 Å². The van der Waals surface area contributed by atoms with E-state index in [-0.39, 0.29) is 54.6 Å². The molecule has 1 aromatic heterocycles. The van der Waals surface area contributed by atoms with Gasteiger partial charge in [-0.2, -0.15) is 0 Å². The summed E-state index contributed by atoms with van der Waals surface area (Å²) in [5, 5.41) is 31.6. The van der Waals surface area contributed by atoms with Gasteiger partial charge >= 0.3 is 6.03 Å². The highest BCUT2D eigenvalue weighted by molar-refractivity contribution is 7.92. The minimum atomic E-state index is -3.90. The number of nitrogens with zero attached hydrogens (tertiary/aromatic N) is 4. The maximum Gasteiger partial charge on any atom is 0.321 e. The summed E-state index contributed by atoms with van der Waals surface area (Å²) in [7, 11) is -3.90. The highest BCUT2D eigenvalue weighted by Gasteiger charge is 2.41. The average Bonchev–Trinajstić information content (AvgIpc) is 3.50. The van der Waals surface area contributed by atoms with Crippen LogP contribution >= 0.6 is 0 Å². The zero-order valence-electron chi connectivity index (χ0n) is 32.3. The fourth-order valence-electron chi connectivity index (χ4n) is 6.67. The van der Waals surface area contributed by atoms with Crippen molar-refractivity contribution in [2.75, 3.05) is 26.2 Å². The third-order valence-electron chi connectivity index (χ3n) is 9.79. The molecule has 0 aliphatic carbocycles. The van der Waals surface area contributed by atoms with Crippen molar-refractivity contribution >= 4 is 33.8 Å². The largest absolute Gasteiger partial charge is 0.411 e. The normalized spacial score (nSPS) is 16.3. The molecule has 2 aromatic carbocycles. The fraction of sp³-hybridized carbons (Fsp3) is 0.475. The van der Waals surface area contributed by atoms with E-state index < -0.39 is 39.3 Å². The topological polar surface area (TPSA) is 194 Å². The number of sulfone groups is 1. The molecule has 4 rings (SSSR count). The number of urea groups is 1. The van der Waals surface area contributed by atoms with Gasteiger partial charge in [-0.05, 0) is 60.6 Å². The Morgan fingerprint density at radius 2 is 1.67 bits per heavy atom. The van der Waals surface area contributed by atoms with Crippen molar-refractivity contribution in [1.29, 1.82) is 0 Å². The van der Waals surface area contributed by atoms with Crippen molar-refractivity contribution in [1.82, 2.24) is 30.7 Å². The van der Waals surface area contributed by atoms with Gasteiger partial charge in [0.2, 0.25) is 5.91 Å². The molecule has 1 aliphatic heterocycles. The molecule has 1 fully saturated rings. The molecule has 0 saturated carbocycles. The van der Waals surface area contributed by atoms with Crippen LogP contribution in [0.2, 0.25) is 0 Å². The van der Waals surface area contributed by atoms with Gasteiger partial charge in [0.25, 0.3) is 0 Å². The molecule has 1 aliphatic rings. The lowest BCUT2D eigenvalue weighted by Gasteiger charge is -2.34. The smallest absolute Gasteiger partial charge is 0.321 e. The van der Waals surface area contributed by atoms with E-state index in [1.807, 2.05) is 62.4 Å². The van der Waals surface area contributed by atoms with E-state index in [1.165, 1.54) is 37.4 Å². The number of nitrogens with one attached hydrogen (secondary N) is 3. The number of ketones is 1. The summed E-state index contributed by atoms with van der Waals surface area (Å²) >= 11 is 0. The summed E-state index contributed by atoms with van der Waals surface area (Å²) in [5.74, 6) is -0.966. The Morgan fingerprint density at radius 3 is 2.31 bits per heavy atom. The Morgan fingerprint density at radius 1 is 0.982 bits per heavy atom. The van der Waals surface area contributed by atoms with E-state index in [1.54, 1.807) is 23.6 Å². The Balaban J connectivity index is 1.50. The lowest BCUT2D eigenvalue weighted by Crippen LogP contribution is -2.58. The Kier molecular flexibility index (Phi) is 15.9. The highest BCUT2D eigenvalue weighted by atomic mass is 32.2. The SMILES string of the molecule is CC[C@H](C)[C@@H](C(=O)N[C@H](Cc1ccccc1)[C@@H](O)CN[C@H](C(C)C)S(=O)(=O)c1ccc(/C=N/O)cc1)N1CCN(Cc2cccc(CNCC(C)=O)n2)C1=O. The van der Waals surface area contributed by atoms with E-state index in [0.717, 1.165) is 11.3 Å². The van der Waals surface area contributed by atoms with Crippen LogP contribution in [-0.2, 0) is 38.9 Å². The van der Waals surface area contributed by atoms with Gasteiger partial charge in [-0.25, -0.2) is 13.2 Å². The second kappa shape index (κ2) is 20.3. The number of amides is 3. The van der Waals surface area contributed by atoms with Gasteiger partial charge in [0, 0.05) is 26.2 Å². The predicted molar refractivity (Wildman–Crippen MR) is 210 cm³/mol. The van der Waals surface area contributed by atoms with Gasteiger partial charge in [-0.15, -0.1) is 0 Å². The fourth-order valence-corrected chi connectivity index (χ4v) is 8.51. The maximum absolute atomic E-state index is 14.3. The summed E-state index contributed by atoms with van der Waals surface area (Å²) in [6.45, 7) is 10.4. The Hall–Kier alpha value is -4.70. The molecule has 0 spiro atoms. The first-order valence-corrected chi connectivity index (χ1v) is 20.3. The van der Waals surface area contributed by atoms with Gasteiger partial charge in [0.15, 0.2) is 9.84 Å². The highest BCUT2D eigenvalue weighted by Crippen LogP contribution is 2.24. The number of rotatable bonds is 21. The molecule has 15 heteroatoms. The molecular weight excluding hydrogens is 723 g/mol. The van der Waals surface area contributed by atoms with Crippen LogP contribution in [-0.4, -0.2) is 107 Å². The van der Waals surface area contributed by atoms with Gasteiger partial charge in [0.05, 0.1) is 47.7 Å². The lowest BCUT2D eigenvalue weighted by atomic mass is 9.95. The second-order valence-electron chi connectivity index (χ2n) is 14.5. The van der Waals surface area contributed by atoms with Crippen LogP contribution in [0.15, 0.2) is 82.8 Å². The summed E-state index contributed by atoms with van der Waals surface area (Å²) < 4.78 is 27.5. The van der Waals surface area contributed by atoms with Crippen molar-refractivity contribution in [3.8, 4) is 0 Å². The third kappa shape index (κ3) is 11.9. The lowest BCUT2D eigenvalue weighted by molar-refractivity contribution is -0.128. The van der Waals surface area contributed by atoms with Crippen LogP contribution in [0.5, 0.6) is 0 Å². The van der Waals surface area contributed by atoms with Crippen molar-refractivity contribution < 1.29 is 33.1 Å². The molecular formula is C40H55N7O7S. The molecule has 0 bridgehead atoms. The first-order valence-electron chi connectivity index (χ1n) is 18.7. The number of carbonyl (C=O) groups excluding carboxylic acids is 3. The molecule has 3 aromatic rings. The zero-order chi connectivity index (χ0) is 40.1. The zero-order valence-corrected chi connectivity index (χ0v) is 33.1. The van der Waals surface area contributed by atoms with E-state index in [9.17, 15) is 27.9 Å². The van der Waals surface area contributed by atoms with Crippen molar-refractivity contribution in [2.24, 2.45) is 17.0 Å². The number of hydrogen-bond donors (Lipinski definition) is 5. The van der Waals surface area contributed by atoms with Gasteiger partial charge in [0.1, 0.15) is 17.2 Å². The number of pyridine rings is 1. The second-order valence-corrected chi connectivity index (χ2v) is 16.5. The minimum Gasteiger partial charge on any atom is -0.411 e. The minimum absolute atomic E-state index is 0.0249. The predicted octanol–water partition coefficient (Wildman–Crippen LogP) is 3.35. The van der Waals surface area contributed by atoms with E-state index in [0.29, 0.717) is 37.3 Å². The van der Waals surface area contributed by atoms with Crippen LogP contribution in [0.4, 0.5) is 4.79 Å². The molecule has 2 heterocycles. The third-order valence-corrected chi connectivity index (χ3v) is 12.1. The molecule has 5 atom stereocenters. The average molecular weight is 778 g/mol. The molecule has 14 nitrogen and oxygen atoms in total. The Bertz CT molecular complexity index is 1860. The number of Topliss-reactive ketones (excluding diaryl/α,β-unsaturated/α-hetero) is 1. The summed E-state index contributed by atoms with van der Waals surface area (Å²) in [6, 6.07) is 19.0. The molecule has 55 heavy (non-hydrogen) atoms. The number of aliphatic hydroxyl groups is 1. The number of benzene rings is 2.